The molecule has 1 heterocycles. The molecule has 3 nitrogen and oxygen atoms in total. The Labute approximate surface area is 97.6 Å². The molecule has 92 valence electrons. The zero-order valence-electron chi connectivity index (χ0n) is 9.37. The third-order valence-corrected chi connectivity index (χ3v) is 3.23. The number of benzene rings is 1. The summed E-state index contributed by atoms with van der Waals surface area (Å²) in [5.74, 6) is -2.68. The van der Waals surface area contributed by atoms with Crippen LogP contribution in [-0.4, -0.2) is 25.0 Å². The minimum absolute atomic E-state index is 0.128. The van der Waals surface area contributed by atoms with Gasteiger partial charge in [-0.25, -0.2) is 8.78 Å². The molecule has 0 radical (unpaired) electrons. The maximum atomic E-state index is 13.5. The molecule has 1 aromatic carbocycles. The van der Waals surface area contributed by atoms with Crippen molar-refractivity contribution in [2.24, 2.45) is 11.1 Å². The molecule has 2 rings (SSSR count). The Balaban J connectivity index is 2.41. The molecule has 2 unspecified atom stereocenters. The van der Waals surface area contributed by atoms with Gasteiger partial charge in [-0.2, -0.15) is 0 Å². The zero-order valence-corrected chi connectivity index (χ0v) is 9.37. The van der Waals surface area contributed by atoms with Crippen LogP contribution in [0.2, 0.25) is 0 Å². The Bertz CT molecular complexity index is 464. The number of hydrogen-bond acceptors (Lipinski definition) is 3. The Morgan fingerprint density at radius 2 is 2.24 bits per heavy atom. The fourth-order valence-electron chi connectivity index (χ4n) is 1.91. The zero-order chi connectivity index (χ0) is 12.6. The molecule has 17 heavy (non-hydrogen) atoms. The van der Waals surface area contributed by atoms with Crippen LogP contribution >= 0.6 is 0 Å². The molecule has 1 fully saturated rings. The number of rotatable bonds is 2. The standard InChI is InChI=1S/C12H13F2NO2/c1-12(6-17-5-9(12)15)11(16)7-3-2-4-8(13)10(7)14/h2-4,9H,5-6,15H2,1H3. The van der Waals surface area contributed by atoms with Crippen LogP contribution in [0.3, 0.4) is 0 Å². The molecule has 0 amide bonds. The van der Waals surface area contributed by atoms with E-state index in [1.807, 2.05) is 0 Å². The average Bonchev–Trinajstić information content (AvgIpc) is 2.64. The van der Waals surface area contributed by atoms with Crippen LogP contribution in [0.1, 0.15) is 17.3 Å². The first-order valence-corrected chi connectivity index (χ1v) is 5.29. The lowest BCUT2D eigenvalue weighted by molar-refractivity contribution is 0.0762. The monoisotopic (exact) mass is 241 g/mol. The summed E-state index contributed by atoms with van der Waals surface area (Å²) in [6.45, 7) is 1.99. The number of carbonyl (C=O) groups excluding carboxylic acids is 1. The van der Waals surface area contributed by atoms with Gasteiger partial charge < -0.3 is 10.5 Å². The second kappa shape index (κ2) is 4.16. The molecule has 2 atom stereocenters. The summed E-state index contributed by atoms with van der Waals surface area (Å²) in [5, 5.41) is 0. The number of hydrogen-bond donors (Lipinski definition) is 1. The molecule has 2 N–H and O–H groups in total. The van der Waals surface area contributed by atoms with Crippen molar-refractivity contribution >= 4 is 5.78 Å². The Kier molecular flexibility index (Phi) is 2.97. The van der Waals surface area contributed by atoms with Gasteiger partial charge in [-0.05, 0) is 19.1 Å². The third kappa shape index (κ3) is 1.85. The number of ketones is 1. The van der Waals surface area contributed by atoms with Gasteiger partial charge in [0.25, 0.3) is 0 Å². The molecule has 0 bridgehead atoms. The highest BCUT2D eigenvalue weighted by Gasteiger charge is 2.45. The van der Waals surface area contributed by atoms with Crippen molar-refractivity contribution in [1.29, 1.82) is 0 Å². The maximum absolute atomic E-state index is 13.5. The van der Waals surface area contributed by atoms with Crippen LogP contribution < -0.4 is 5.73 Å². The maximum Gasteiger partial charge on any atom is 0.175 e. The number of Topliss-reactive ketones (excluding diaryl/α,β-unsaturated/α-hetero) is 1. The molecule has 1 aliphatic heterocycles. The van der Waals surface area contributed by atoms with Crippen LogP contribution in [0.4, 0.5) is 8.78 Å². The van der Waals surface area contributed by atoms with Crippen molar-refractivity contribution in [3.8, 4) is 0 Å². The van der Waals surface area contributed by atoms with Gasteiger partial charge in [-0.15, -0.1) is 0 Å². The molecular weight excluding hydrogens is 228 g/mol. The van der Waals surface area contributed by atoms with E-state index in [1.165, 1.54) is 12.1 Å². The third-order valence-electron chi connectivity index (χ3n) is 3.23. The van der Waals surface area contributed by atoms with E-state index in [1.54, 1.807) is 6.92 Å². The Morgan fingerprint density at radius 3 is 2.82 bits per heavy atom. The Hall–Kier alpha value is -1.33. The fourth-order valence-corrected chi connectivity index (χ4v) is 1.91. The van der Waals surface area contributed by atoms with Gasteiger partial charge in [0.1, 0.15) is 0 Å². The second-order valence-electron chi connectivity index (χ2n) is 4.47. The van der Waals surface area contributed by atoms with E-state index in [4.69, 9.17) is 10.5 Å². The van der Waals surface area contributed by atoms with Crippen LogP contribution in [0.25, 0.3) is 0 Å². The van der Waals surface area contributed by atoms with Crippen molar-refractivity contribution in [1.82, 2.24) is 0 Å². The number of ether oxygens (including phenoxy) is 1. The van der Waals surface area contributed by atoms with Gasteiger partial charge in [0.15, 0.2) is 17.4 Å². The summed E-state index contributed by atoms with van der Waals surface area (Å²) in [6.07, 6.45) is 0. The van der Waals surface area contributed by atoms with Gasteiger partial charge in [0, 0.05) is 6.04 Å². The molecule has 1 saturated heterocycles. The lowest BCUT2D eigenvalue weighted by Gasteiger charge is -2.25. The van der Waals surface area contributed by atoms with E-state index in [0.29, 0.717) is 0 Å². The SMILES string of the molecule is CC1(C(=O)c2cccc(F)c2F)COCC1N. The lowest BCUT2D eigenvalue weighted by atomic mass is 9.78. The molecule has 0 aromatic heterocycles. The van der Waals surface area contributed by atoms with Crippen molar-refractivity contribution < 1.29 is 18.3 Å². The van der Waals surface area contributed by atoms with Crippen molar-refractivity contribution in [2.75, 3.05) is 13.2 Å². The highest BCUT2D eigenvalue weighted by molar-refractivity contribution is 6.01. The number of carbonyl (C=O) groups is 1. The molecule has 0 aliphatic carbocycles. The van der Waals surface area contributed by atoms with Gasteiger partial charge in [0.05, 0.1) is 24.2 Å². The number of halogens is 2. The number of nitrogens with two attached hydrogens (primary N) is 1. The molecule has 0 spiro atoms. The van der Waals surface area contributed by atoms with E-state index >= 15 is 0 Å². The molecular formula is C12H13F2NO2. The molecule has 0 saturated carbocycles. The predicted molar refractivity (Wildman–Crippen MR) is 57.6 cm³/mol. The highest BCUT2D eigenvalue weighted by Crippen LogP contribution is 2.32. The van der Waals surface area contributed by atoms with E-state index in [2.05, 4.69) is 0 Å². The average molecular weight is 241 g/mol. The predicted octanol–water partition coefficient (Wildman–Crippen LogP) is 1.51. The van der Waals surface area contributed by atoms with E-state index in [9.17, 15) is 13.6 Å². The van der Waals surface area contributed by atoms with Gasteiger partial charge in [0.2, 0.25) is 0 Å². The minimum atomic E-state index is -1.13. The second-order valence-corrected chi connectivity index (χ2v) is 4.47. The summed E-state index contributed by atoms with van der Waals surface area (Å²) in [5.41, 5.74) is 4.52. The normalized spacial score (nSPS) is 28.4. The highest BCUT2D eigenvalue weighted by atomic mass is 19.2. The van der Waals surface area contributed by atoms with Crippen molar-refractivity contribution in [2.45, 2.75) is 13.0 Å². The first-order chi connectivity index (χ1) is 7.97. The Morgan fingerprint density at radius 1 is 1.53 bits per heavy atom. The minimum Gasteiger partial charge on any atom is -0.379 e. The molecule has 1 aliphatic rings. The van der Waals surface area contributed by atoms with Gasteiger partial charge in [-0.1, -0.05) is 6.07 Å². The quantitative estimate of drug-likeness (QED) is 0.798. The summed E-state index contributed by atoms with van der Waals surface area (Å²) < 4.78 is 31.7. The van der Waals surface area contributed by atoms with Crippen LogP contribution in [0, 0.1) is 17.0 Å². The first-order valence-electron chi connectivity index (χ1n) is 5.29. The summed E-state index contributed by atoms with van der Waals surface area (Å²) in [7, 11) is 0. The summed E-state index contributed by atoms with van der Waals surface area (Å²) in [6, 6.07) is 3.03. The molecule has 5 heteroatoms. The van der Waals surface area contributed by atoms with E-state index in [0.717, 1.165) is 6.07 Å². The first kappa shape index (κ1) is 12.1. The van der Waals surface area contributed by atoms with Gasteiger partial charge in [-0.3, -0.25) is 4.79 Å². The molecule has 1 aromatic rings. The largest absolute Gasteiger partial charge is 0.379 e. The topological polar surface area (TPSA) is 52.3 Å². The van der Waals surface area contributed by atoms with Crippen molar-refractivity contribution in [3.63, 3.8) is 0 Å². The van der Waals surface area contributed by atoms with E-state index < -0.39 is 28.9 Å². The van der Waals surface area contributed by atoms with Crippen LogP contribution in [-0.2, 0) is 4.74 Å². The smallest absolute Gasteiger partial charge is 0.175 e. The lowest BCUT2D eigenvalue weighted by Crippen LogP contribution is -2.44. The van der Waals surface area contributed by atoms with Crippen LogP contribution in [0.15, 0.2) is 18.2 Å². The summed E-state index contributed by atoms with van der Waals surface area (Å²) >= 11 is 0. The fraction of sp³-hybridized carbons (Fsp3) is 0.417. The van der Waals surface area contributed by atoms with Gasteiger partial charge >= 0.3 is 0 Å². The van der Waals surface area contributed by atoms with E-state index in [-0.39, 0.29) is 18.8 Å². The van der Waals surface area contributed by atoms with Crippen LogP contribution in [0.5, 0.6) is 0 Å². The van der Waals surface area contributed by atoms with Crippen molar-refractivity contribution in [3.05, 3.63) is 35.4 Å². The summed E-state index contributed by atoms with van der Waals surface area (Å²) in [4.78, 5) is 12.2.